The zero-order valence-corrected chi connectivity index (χ0v) is 16.4. The zero-order chi connectivity index (χ0) is 9.94. The number of rotatable bonds is 9. The number of hydrogen-bond donors (Lipinski definition) is 0. The van der Waals surface area contributed by atoms with Crippen molar-refractivity contribution in [3.63, 3.8) is 0 Å². The molecule has 0 N–H and O–H groups in total. The summed E-state index contributed by atoms with van der Waals surface area (Å²) in [6.07, 6.45) is 2.51. The molecule has 0 aromatic carbocycles. The van der Waals surface area contributed by atoms with Crippen LogP contribution in [-0.4, -0.2) is 55.8 Å². The fraction of sp³-hybridized carbons (Fsp3) is 1.00. The van der Waals surface area contributed by atoms with Gasteiger partial charge in [0.2, 0.25) is 0 Å². The van der Waals surface area contributed by atoms with Crippen LogP contribution < -0.4 is 0 Å². The minimum absolute atomic E-state index is 0.814. The van der Waals surface area contributed by atoms with Crippen LogP contribution in [0.5, 0.6) is 0 Å². The van der Waals surface area contributed by atoms with E-state index in [4.69, 9.17) is 7.56 Å². The molecule has 0 aliphatic carbocycles. The van der Waals surface area contributed by atoms with Crippen molar-refractivity contribution in [1.29, 1.82) is 0 Å². The zero-order valence-electron chi connectivity index (χ0n) is 9.04. The summed E-state index contributed by atoms with van der Waals surface area (Å²) in [5.41, 5.74) is 0. The average Bonchev–Trinajstić information content (AvgIpc) is 2.14. The van der Waals surface area contributed by atoms with E-state index in [-0.39, 0.29) is 0 Å². The molecule has 0 amide bonds. The predicted molar refractivity (Wildman–Crippen MR) is 59.7 cm³/mol. The molecule has 0 aromatic rings. The van der Waals surface area contributed by atoms with Gasteiger partial charge in [-0.05, 0) is 0 Å². The van der Waals surface area contributed by atoms with Crippen LogP contribution in [0.2, 0.25) is 4.44 Å². The molecule has 13 heavy (non-hydrogen) atoms. The first-order valence-corrected chi connectivity index (χ1v) is 13.5. The summed E-state index contributed by atoms with van der Waals surface area (Å²) in [4.78, 5) is 0. The molecule has 1 unspecified atom stereocenters. The van der Waals surface area contributed by atoms with Gasteiger partial charge >= 0.3 is 101 Å². The first-order valence-electron chi connectivity index (χ1n) is 5.16. The summed E-state index contributed by atoms with van der Waals surface area (Å²) in [5.74, 6) is 0. The number of hydrogen-bond acceptors (Lipinski definition) is 3. The molecule has 0 fully saturated rings. The van der Waals surface area contributed by atoms with E-state index in [1.807, 2.05) is 6.92 Å². The van der Waals surface area contributed by atoms with Gasteiger partial charge < -0.3 is 0 Å². The fourth-order valence-corrected chi connectivity index (χ4v) is 16.3. The van der Waals surface area contributed by atoms with Crippen molar-refractivity contribution in [2.45, 2.75) is 38.0 Å². The van der Waals surface area contributed by atoms with Gasteiger partial charge in [0.15, 0.2) is 0 Å². The Balaban J connectivity index is 3.41. The van der Waals surface area contributed by atoms with Crippen molar-refractivity contribution in [2.75, 3.05) is 13.2 Å². The van der Waals surface area contributed by atoms with Gasteiger partial charge in [0.1, 0.15) is 0 Å². The Labute approximate surface area is 101 Å². The third-order valence-electron chi connectivity index (χ3n) is 1.69. The van der Waals surface area contributed by atoms with E-state index in [0.717, 1.165) is 13.2 Å². The third-order valence-corrected chi connectivity index (χ3v) is 19.0. The topological polar surface area (TPSA) is 27.7 Å². The van der Waals surface area contributed by atoms with Gasteiger partial charge in [-0.2, -0.15) is 0 Å². The quantitative estimate of drug-likeness (QED) is 0.426. The maximum atomic E-state index is 5.80. The summed E-state index contributed by atoms with van der Waals surface area (Å²) in [5, 5.41) is 0. The van der Waals surface area contributed by atoms with Crippen molar-refractivity contribution in [2.24, 2.45) is 0 Å². The average molecular weight is 404 g/mol. The van der Waals surface area contributed by atoms with E-state index in [9.17, 15) is 0 Å². The summed E-state index contributed by atoms with van der Waals surface area (Å²) in [6.45, 7) is 7.92. The summed E-state index contributed by atoms with van der Waals surface area (Å²) >= 11 is -3.29. The molecule has 0 rings (SSSR count). The second kappa shape index (κ2) is 11.6. The van der Waals surface area contributed by atoms with Gasteiger partial charge in [0.25, 0.3) is 0 Å². The molecule has 0 aliphatic rings. The van der Waals surface area contributed by atoms with Crippen molar-refractivity contribution in [3.05, 3.63) is 0 Å². The van der Waals surface area contributed by atoms with E-state index >= 15 is 0 Å². The molecular formula is C8H22O3Sn2. The Hall–Kier alpha value is 1.48. The van der Waals surface area contributed by atoms with Crippen LogP contribution in [0.25, 0.3) is 0 Å². The Kier molecular flexibility index (Phi) is 12.9. The Morgan fingerprint density at radius 3 is 2.46 bits per heavy atom. The Morgan fingerprint density at radius 2 is 1.92 bits per heavy atom. The van der Waals surface area contributed by atoms with Crippen molar-refractivity contribution in [1.82, 2.24) is 0 Å². The van der Waals surface area contributed by atoms with E-state index < -0.39 is 42.6 Å². The van der Waals surface area contributed by atoms with Crippen LogP contribution in [0, 0.1) is 0 Å². The third kappa shape index (κ3) is 9.77. The van der Waals surface area contributed by atoms with Crippen molar-refractivity contribution in [3.8, 4) is 0 Å². The molecule has 0 bridgehead atoms. The Bertz CT molecular complexity index is 103. The van der Waals surface area contributed by atoms with Gasteiger partial charge in [-0.25, -0.2) is 0 Å². The molecule has 0 aromatic heterocycles. The summed E-state index contributed by atoms with van der Waals surface area (Å²) in [7, 11) is 0. The van der Waals surface area contributed by atoms with Crippen molar-refractivity contribution >= 4 is 42.6 Å². The first kappa shape index (κ1) is 14.5. The maximum absolute atomic E-state index is 5.80. The molecule has 0 radical (unpaired) electrons. The minimum atomic E-state index is -1.99. The van der Waals surface area contributed by atoms with Gasteiger partial charge in [0, 0.05) is 0 Å². The molecule has 5 heteroatoms. The van der Waals surface area contributed by atoms with Crippen LogP contribution in [0.15, 0.2) is 0 Å². The van der Waals surface area contributed by atoms with Crippen LogP contribution in [0.1, 0.15) is 33.6 Å². The molecule has 0 saturated carbocycles. The normalized spacial score (nSPS) is 14.1. The molecule has 0 spiro atoms. The van der Waals surface area contributed by atoms with Crippen LogP contribution in [-0.2, 0) is 7.56 Å². The summed E-state index contributed by atoms with van der Waals surface area (Å²) < 4.78 is 18.0. The molecule has 1 atom stereocenters. The van der Waals surface area contributed by atoms with Crippen LogP contribution in [0.4, 0.5) is 0 Å². The van der Waals surface area contributed by atoms with E-state index in [2.05, 4.69) is 13.8 Å². The molecule has 0 saturated heterocycles. The first-order chi connectivity index (χ1) is 6.35. The van der Waals surface area contributed by atoms with Crippen molar-refractivity contribution < 1.29 is 7.56 Å². The summed E-state index contributed by atoms with van der Waals surface area (Å²) in [6, 6.07) is 0. The molecule has 3 nitrogen and oxygen atoms in total. The predicted octanol–water partition coefficient (Wildman–Crippen LogP) is 1.10. The van der Waals surface area contributed by atoms with E-state index in [1.165, 1.54) is 17.3 Å². The molecular weight excluding hydrogens is 382 g/mol. The standard InChI is InChI=1S/C4H9.2C2H5O.O.2Sn.3H/c1-3-4-2;2*1-2-3;;;;;;/h1,3-4H2,2H3;2*2H2,1H3;;;;;;/q;2*-1;;2*+1;;;. The van der Waals surface area contributed by atoms with Gasteiger partial charge in [-0.3, -0.25) is 0 Å². The van der Waals surface area contributed by atoms with Gasteiger partial charge in [-0.1, -0.05) is 0 Å². The monoisotopic (exact) mass is 406 g/mol. The van der Waals surface area contributed by atoms with Gasteiger partial charge in [-0.15, -0.1) is 0 Å². The second-order valence-electron chi connectivity index (χ2n) is 2.80. The van der Waals surface area contributed by atoms with Crippen LogP contribution in [0.3, 0.4) is 0 Å². The van der Waals surface area contributed by atoms with E-state index in [0.29, 0.717) is 0 Å². The Morgan fingerprint density at radius 1 is 1.15 bits per heavy atom. The molecule has 80 valence electrons. The SMILES string of the molecule is CCC[CH2][SnH]([O]CC)[O][SnH2][O]CC. The second-order valence-corrected chi connectivity index (χ2v) is 17.0. The van der Waals surface area contributed by atoms with Crippen LogP contribution >= 0.6 is 0 Å². The molecule has 0 heterocycles. The number of unbranched alkanes of at least 4 members (excludes halogenated alkanes) is 1. The molecule has 0 aliphatic heterocycles. The van der Waals surface area contributed by atoms with E-state index in [1.54, 1.807) is 0 Å². The van der Waals surface area contributed by atoms with Gasteiger partial charge in [0.05, 0.1) is 0 Å². The fourth-order valence-electron chi connectivity index (χ4n) is 0.979.